The van der Waals surface area contributed by atoms with E-state index in [2.05, 4.69) is 0 Å². The smallest absolute Gasteiger partial charge is 0.285 e. The number of aryl methyl sites for hydroxylation is 1. The van der Waals surface area contributed by atoms with Crippen LogP contribution in [0.2, 0.25) is 0 Å². The second kappa shape index (κ2) is 3.24. The van der Waals surface area contributed by atoms with Crippen LogP contribution in [0.5, 0.6) is 0 Å². The molecule has 0 aliphatic rings. The van der Waals surface area contributed by atoms with E-state index in [0.717, 1.165) is 12.3 Å². The minimum Gasteiger partial charge on any atom is -0.285 e. The van der Waals surface area contributed by atoms with Crippen molar-refractivity contribution < 1.29 is 23.1 Å². The van der Waals surface area contributed by atoms with Crippen molar-refractivity contribution in [2.24, 2.45) is 0 Å². The third-order valence-electron chi connectivity index (χ3n) is 1.69. The van der Waals surface area contributed by atoms with Gasteiger partial charge in [-0.25, -0.2) is 0 Å². The van der Waals surface area contributed by atoms with Crippen LogP contribution in [0.15, 0.2) is 18.3 Å². The van der Waals surface area contributed by atoms with E-state index in [-0.39, 0.29) is 4.73 Å². The lowest BCUT2D eigenvalue weighted by atomic mass is 10.2. The molecule has 2 nitrogen and oxygen atoms in total. The Labute approximate surface area is 73.2 Å². The SMILES string of the molecule is CCc1ccc(C(F)(F)F)[n+](O)c1. The first-order valence-electron chi connectivity index (χ1n) is 3.76. The molecule has 5 heteroatoms. The van der Waals surface area contributed by atoms with Gasteiger partial charge in [0.25, 0.3) is 0 Å². The Morgan fingerprint density at radius 3 is 2.38 bits per heavy atom. The van der Waals surface area contributed by atoms with Crippen LogP contribution < -0.4 is 4.73 Å². The molecular formula is C8H9F3NO+. The first kappa shape index (κ1) is 9.83. The Morgan fingerprint density at radius 1 is 1.38 bits per heavy atom. The van der Waals surface area contributed by atoms with E-state index in [1.54, 1.807) is 6.92 Å². The number of halogens is 3. The van der Waals surface area contributed by atoms with Gasteiger partial charge in [-0.3, -0.25) is 5.21 Å². The van der Waals surface area contributed by atoms with Gasteiger partial charge in [-0.2, -0.15) is 13.2 Å². The second-order valence-electron chi connectivity index (χ2n) is 2.62. The van der Waals surface area contributed by atoms with Gasteiger partial charge in [0.15, 0.2) is 0 Å². The molecule has 13 heavy (non-hydrogen) atoms. The largest absolute Gasteiger partial charge is 0.482 e. The van der Waals surface area contributed by atoms with Crippen LogP contribution in [0, 0.1) is 0 Å². The normalized spacial score (nSPS) is 11.7. The molecule has 0 saturated heterocycles. The minimum absolute atomic E-state index is 0.110. The highest BCUT2D eigenvalue weighted by Crippen LogP contribution is 2.26. The lowest BCUT2D eigenvalue weighted by Gasteiger charge is -2.01. The molecule has 0 atom stereocenters. The lowest BCUT2D eigenvalue weighted by molar-refractivity contribution is -0.915. The van der Waals surface area contributed by atoms with Crippen LogP contribution in [0.3, 0.4) is 0 Å². The average Bonchev–Trinajstić information content (AvgIpc) is 2.01. The molecule has 72 valence electrons. The van der Waals surface area contributed by atoms with Crippen LogP contribution >= 0.6 is 0 Å². The van der Waals surface area contributed by atoms with E-state index < -0.39 is 11.9 Å². The Kier molecular flexibility index (Phi) is 2.45. The van der Waals surface area contributed by atoms with Crippen molar-refractivity contribution in [1.29, 1.82) is 0 Å². The molecule has 1 heterocycles. The van der Waals surface area contributed by atoms with Crippen molar-refractivity contribution in [2.45, 2.75) is 19.5 Å². The summed E-state index contributed by atoms with van der Waals surface area (Å²) in [6, 6.07) is 2.20. The highest BCUT2D eigenvalue weighted by Gasteiger charge is 2.41. The van der Waals surface area contributed by atoms with E-state index >= 15 is 0 Å². The third-order valence-corrected chi connectivity index (χ3v) is 1.69. The van der Waals surface area contributed by atoms with Crippen molar-refractivity contribution in [3.63, 3.8) is 0 Å². The monoisotopic (exact) mass is 192 g/mol. The fourth-order valence-corrected chi connectivity index (χ4v) is 0.966. The van der Waals surface area contributed by atoms with Crippen LogP contribution in [-0.2, 0) is 12.6 Å². The summed E-state index contributed by atoms with van der Waals surface area (Å²) in [6.07, 6.45) is -2.87. The summed E-state index contributed by atoms with van der Waals surface area (Å²) in [5, 5.41) is 8.95. The molecule has 1 aromatic rings. The molecule has 0 spiro atoms. The predicted molar refractivity (Wildman–Crippen MR) is 38.2 cm³/mol. The van der Waals surface area contributed by atoms with Crippen molar-refractivity contribution in [2.75, 3.05) is 0 Å². The van der Waals surface area contributed by atoms with Gasteiger partial charge in [0.1, 0.15) is 0 Å². The maximum Gasteiger partial charge on any atom is 0.482 e. The minimum atomic E-state index is -4.51. The average molecular weight is 192 g/mol. The maximum atomic E-state index is 12.1. The molecule has 0 saturated carbocycles. The summed E-state index contributed by atoms with van der Waals surface area (Å²) < 4.78 is 36.4. The highest BCUT2D eigenvalue weighted by atomic mass is 19.4. The van der Waals surface area contributed by atoms with Gasteiger partial charge in [-0.05, 0) is 12.5 Å². The number of hydrogen-bond acceptors (Lipinski definition) is 1. The van der Waals surface area contributed by atoms with Crippen LogP contribution in [-0.4, -0.2) is 5.21 Å². The number of nitrogens with zero attached hydrogens (tertiary/aromatic N) is 1. The summed E-state index contributed by atoms with van der Waals surface area (Å²) in [5.41, 5.74) is -0.416. The molecule has 1 aromatic heterocycles. The van der Waals surface area contributed by atoms with Gasteiger partial charge >= 0.3 is 11.9 Å². The zero-order valence-corrected chi connectivity index (χ0v) is 6.97. The molecule has 0 fully saturated rings. The van der Waals surface area contributed by atoms with Crippen molar-refractivity contribution in [3.05, 3.63) is 29.6 Å². The highest BCUT2D eigenvalue weighted by molar-refractivity contribution is 5.10. The van der Waals surface area contributed by atoms with Gasteiger partial charge in [-0.15, -0.1) is 0 Å². The third kappa shape index (κ3) is 2.11. The predicted octanol–water partition coefficient (Wildman–Crippen LogP) is 1.79. The van der Waals surface area contributed by atoms with Gasteiger partial charge < -0.3 is 0 Å². The Morgan fingerprint density at radius 2 is 2.00 bits per heavy atom. The zero-order valence-electron chi connectivity index (χ0n) is 6.97. The van der Waals surface area contributed by atoms with Gasteiger partial charge in [0, 0.05) is 16.4 Å². The van der Waals surface area contributed by atoms with Crippen LogP contribution in [0.4, 0.5) is 13.2 Å². The molecular weight excluding hydrogens is 183 g/mol. The molecule has 0 amide bonds. The maximum absolute atomic E-state index is 12.1. The molecule has 0 aliphatic carbocycles. The molecule has 1 rings (SSSR count). The quantitative estimate of drug-likeness (QED) is 0.532. The van der Waals surface area contributed by atoms with Crippen LogP contribution in [0.25, 0.3) is 0 Å². The number of hydrogen-bond donors (Lipinski definition) is 1. The number of pyridine rings is 1. The number of aromatic nitrogens is 1. The Bertz CT molecular complexity index is 309. The molecule has 0 unspecified atom stereocenters. The van der Waals surface area contributed by atoms with Crippen molar-refractivity contribution in [1.82, 2.24) is 0 Å². The summed E-state index contributed by atoms with van der Waals surface area (Å²) in [5.74, 6) is 0. The van der Waals surface area contributed by atoms with E-state index in [4.69, 9.17) is 5.21 Å². The van der Waals surface area contributed by atoms with Gasteiger partial charge in [0.05, 0.1) is 0 Å². The molecule has 0 aromatic carbocycles. The van der Waals surface area contributed by atoms with E-state index in [0.29, 0.717) is 12.0 Å². The summed E-state index contributed by atoms with van der Waals surface area (Å²) >= 11 is 0. The van der Waals surface area contributed by atoms with Gasteiger partial charge in [-0.1, -0.05) is 6.92 Å². The summed E-state index contributed by atoms with van der Waals surface area (Å²) in [7, 11) is 0. The molecule has 1 N–H and O–H groups in total. The molecule has 0 radical (unpaired) electrons. The van der Waals surface area contributed by atoms with E-state index in [1.807, 2.05) is 0 Å². The van der Waals surface area contributed by atoms with E-state index in [9.17, 15) is 13.2 Å². The van der Waals surface area contributed by atoms with E-state index in [1.165, 1.54) is 6.07 Å². The fourth-order valence-electron chi connectivity index (χ4n) is 0.966. The Balaban J connectivity index is 3.13. The lowest BCUT2D eigenvalue weighted by Crippen LogP contribution is -2.39. The summed E-state index contributed by atoms with van der Waals surface area (Å²) in [4.78, 5) is 0. The number of rotatable bonds is 1. The van der Waals surface area contributed by atoms with Crippen LogP contribution in [0.1, 0.15) is 18.2 Å². The zero-order chi connectivity index (χ0) is 10.1. The standard InChI is InChI=1S/C8H9F3NO/c1-2-6-3-4-7(8(9,10)11)12(13)5-6/h3-5,13H,2H2,1H3/q+1. The second-order valence-corrected chi connectivity index (χ2v) is 2.62. The van der Waals surface area contributed by atoms with Gasteiger partial charge in [0.2, 0.25) is 6.20 Å². The molecule has 0 aliphatic heterocycles. The van der Waals surface area contributed by atoms with Crippen molar-refractivity contribution >= 4 is 0 Å². The number of alkyl halides is 3. The summed E-state index contributed by atoms with van der Waals surface area (Å²) in [6.45, 7) is 1.79. The fraction of sp³-hybridized carbons (Fsp3) is 0.375. The first-order valence-corrected chi connectivity index (χ1v) is 3.76. The Hall–Kier alpha value is -1.26. The molecule has 0 bridgehead atoms. The first-order chi connectivity index (χ1) is 5.95. The topological polar surface area (TPSA) is 24.1 Å². The van der Waals surface area contributed by atoms with Crippen molar-refractivity contribution in [3.8, 4) is 0 Å².